The van der Waals surface area contributed by atoms with Crippen LogP contribution in [0.1, 0.15) is 17.4 Å². The summed E-state index contributed by atoms with van der Waals surface area (Å²) in [5.74, 6) is -0.244. The summed E-state index contributed by atoms with van der Waals surface area (Å²) in [6, 6.07) is 0. The fourth-order valence-electron chi connectivity index (χ4n) is 2.06. The average molecular weight is 345 g/mol. The predicted octanol–water partition coefficient (Wildman–Crippen LogP) is 1.77. The lowest BCUT2D eigenvalue weighted by atomic mass is 10.3. The summed E-state index contributed by atoms with van der Waals surface area (Å²) in [5.41, 5.74) is 0.200. The Bertz CT molecular complexity index is 564. The third kappa shape index (κ3) is 3.80. The van der Waals surface area contributed by atoms with E-state index in [1.165, 1.54) is 18.0 Å². The first-order valence-electron chi connectivity index (χ1n) is 6.84. The average Bonchev–Trinajstić information content (AvgIpc) is 2.55. The van der Waals surface area contributed by atoms with Gasteiger partial charge >= 0.3 is 6.09 Å². The van der Waals surface area contributed by atoms with Crippen LogP contribution in [0.5, 0.6) is 0 Å². The summed E-state index contributed by atoms with van der Waals surface area (Å²) < 4.78 is 4.95. The molecule has 22 heavy (non-hydrogen) atoms. The fraction of sp³-hybridized carbons (Fsp3) is 0.538. The molecule has 2 amide bonds. The lowest BCUT2D eigenvalue weighted by Gasteiger charge is -2.33. The van der Waals surface area contributed by atoms with Gasteiger partial charge in [-0.05, 0) is 13.2 Å². The number of ether oxygens (including phenoxy) is 1. The lowest BCUT2D eigenvalue weighted by Crippen LogP contribution is -2.51. The standard InChI is InChI=1S/C13H17ClN4O3S/c1-3-21-13(20)18-6-4-17(5-7-18)11(19)10-9(14)8-15-12(16-10)22-2/h8H,3-7H2,1-2H3. The first kappa shape index (κ1) is 16.8. The molecule has 0 bridgehead atoms. The summed E-state index contributed by atoms with van der Waals surface area (Å²) in [7, 11) is 0. The molecule has 9 heteroatoms. The molecule has 0 radical (unpaired) electrons. The second-order valence-electron chi connectivity index (χ2n) is 4.53. The number of amides is 2. The molecule has 2 rings (SSSR count). The number of hydrogen-bond donors (Lipinski definition) is 0. The van der Waals surface area contributed by atoms with Gasteiger partial charge in [0, 0.05) is 26.2 Å². The van der Waals surface area contributed by atoms with E-state index in [0.29, 0.717) is 37.9 Å². The fourth-order valence-corrected chi connectivity index (χ4v) is 2.57. The number of carbonyl (C=O) groups excluding carboxylic acids is 2. The molecule has 120 valence electrons. The third-order valence-corrected chi connectivity index (χ3v) is 4.04. The minimum Gasteiger partial charge on any atom is -0.450 e. The van der Waals surface area contributed by atoms with Crippen molar-refractivity contribution in [3.05, 3.63) is 16.9 Å². The Kier molecular flexibility index (Phi) is 5.84. The molecule has 0 saturated carbocycles. The molecule has 7 nitrogen and oxygen atoms in total. The highest BCUT2D eigenvalue weighted by Gasteiger charge is 2.27. The summed E-state index contributed by atoms with van der Waals surface area (Å²) in [5, 5.41) is 0.730. The topological polar surface area (TPSA) is 75.6 Å². The van der Waals surface area contributed by atoms with E-state index in [2.05, 4.69) is 9.97 Å². The largest absolute Gasteiger partial charge is 0.450 e. The SMILES string of the molecule is CCOC(=O)N1CCN(C(=O)c2nc(SC)ncc2Cl)CC1. The molecule has 1 aliphatic rings. The first-order valence-corrected chi connectivity index (χ1v) is 8.44. The van der Waals surface area contributed by atoms with Crippen LogP contribution in [-0.2, 0) is 4.74 Å². The molecule has 1 fully saturated rings. The van der Waals surface area contributed by atoms with Crippen LogP contribution in [0.3, 0.4) is 0 Å². The maximum Gasteiger partial charge on any atom is 0.409 e. The van der Waals surface area contributed by atoms with Crippen LogP contribution in [0, 0.1) is 0 Å². The quantitative estimate of drug-likeness (QED) is 0.614. The summed E-state index contributed by atoms with van der Waals surface area (Å²) >= 11 is 7.37. The highest BCUT2D eigenvalue weighted by molar-refractivity contribution is 7.98. The van der Waals surface area contributed by atoms with Gasteiger partial charge in [-0.15, -0.1) is 0 Å². The number of nitrogens with zero attached hydrogens (tertiary/aromatic N) is 4. The lowest BCUT2D eigenvalue weighted by molar-refractivity contribution is 0.0565. The van der Waals surface area contributed by atoms with Gasteiger partial charge in [0.2, 0.25) is 0 Å². The second kappa shape index (κ2) is 7.64. The van der Waals surface area contributed by atoms with Crippen molar-refractivity contribution in [3.63, 3.8) is 0 Å². The van der Waals surface area contributed by atoms with Crippen molar-refractivity contribution in [2.75, 3.05) is 39.0 Å². The molecule has 1 saturated heterocycles. The molecule has 0 N–H and O–H groups in total. The first-order chi connectivity index (χ1) is 10.6. The van der Waals surface area contributed by atoms with Crippen LogP contribution in [0.4, 0.5) is 4.79 Å². The van der Waals surface area contributed by atoms with E-state index in [-0.39, 0.29) is 22.7 Å². The minimum atomic E-state index is -0.348. The van der Waals surface area contributed by atoms with Crippen LogP contribution in [0.15, 0.2) is 11.4 Å². The van der Waals surface area contributed by atoms with Crippen molar-refractivity contribution in [3.8, 4) is 0 Å². The Balaban J connectivity index is 2.02. The summed E-state index contributed by atoms with van der Waals surface area (Å²) in [6.45, 7) is 3.81. The zero-order valence-electron chi connectivity index (χ0n) is 12.4. The molecule has 1 aromatic heterocycles. The number of halogens is 1. The number of piperazine rings is 1. The van der Waals surface area contributed by atoms with Gasteiger partial charge in [-0.1, -0.05) is 23.4 Å². The normalized spacial score (nSPS) is 14.9. The summed E-state index contributed by atoms with van der Waals surface area (Å²) in [4.78, 5) is 35.5. The van der Waals surface area contributed by atoms with Gasteiger partial charge in [-0.25, -0.2) is 14.8 Å². The molecule has 0 atom stereocenters. The molecule has 2 heterocycles. The summed E-state index contributed by atoms with van der Waals surface area (Å²) in [6.07, 6.45) is 2.91. The zero-order chi connectivity index (χ0) is 16.1. The van der Waals surface area contributed by atoms with Crippen molar-refractivity contribution >= 4 is 35.4 Å². The molecular formula is C13H17ClN4O3S. The maximum atomic E-state index is 12.5. The van der Waals surface area contributed by atoms with Crippen LogP contribution >= 0.6 is 23.4 Å². The van der Waals surface area contributed by atoms with Gasteiger partial charge in [0.05, 0.1) is 17.8 Å². The molecule has 0 aromatic carbocycles. The number of aromatic nitrogens is 2. The highest BCUT2D eigenvalue weighted by atomic mass is 35.5. The van der Waals surface area contributed by atoms with Crippen LogP contribution in [0.2, 0.25) is 5.02 Å². The van der Waals surface area contributed by atoms with Gasteiger partial charge in [0.25, 0.3) is 5.91 Å². The Morgan fingerprint density at radius 3 is 2.55 bits per heavy atom. The number of rotatable bonds is 3. The van der Waals surface area contributed by atoms with E-state index >= 15 is 0 Å². The van der Waals surface area contributed by atoms with Gasteiger partial charge in [0.1, 0.15) is 0 Å². The van der Waals surface area contributed by atoms with Gasteiger partial charge in [-0.2, -0.15) is 0 Å². The predicted molar refractivity (Wildman–Crippen MR) is 83.3 cm³/mol. The van der Waals surface area contributed by atoms with E-state index in [1.807, 2.05) is 6.26 Å². The van der Waals surface area contributed by atoms with Crippen molar-refractivity contribution in [1.82, 2.24) is 19.8 Å². The highest BCUT2D eigenvalue weighted by Crippen LogP contribution is 2.19. The Morgan fingerprint density at radius 2 is 1.95 bits per heavy atom. The van der Waals surface area contributed by atoms with Gasteiger partial charge < -0.3 is 14.5 Å². The molecule has 1 aromatic rings. The molecule has 0 spiro atoms. The zero-order valence-corrected chi connectivity index (χ0v) is 14.0. The van der Waals surface area contributed by atoms with Crippen LogP contribution < -0.4 is 0 Å². The van der Waals surface area contributed by atoms with Crippen LogP contribution in [0.25, 0.3) is 0 Å². The smallest absolute Gasteiger partial charge is 0.409 e. The number of hydrogen-bond acceptors (Lipinski definition) is 6. The Hall–Kier alpha value is -1.54. The van der Waals surface area contributed by atoms with Crippen molar-refractivity contribution in [1.29, 1.82) is 0 Å². The molecular weight excluding hydrogens is 328 g/mol. The van der Waals surface area contributed by atoms with E-state index in [1.54, 1.807) is 16.7 Å². The number of thioether (sulfide) groups is 1. The molecule has 0 aliphatic carbocycles. The maximum absolute atomic E-state index is 12.5. The number of carbonyl (C=O) groups is 2. The van der Waals surface area contributed by atoms with E-state index in [0.717, 1.165) is 0 Å². The monoisotopic (exact) mass is 344 g/mol. The molecule has 1 aliphatic heterocycles. The Morgan fingerprint density at radius 1 is 1.32 bits per heavy atom. The van der Waals surface area contributed by atoms with Crippen molar-refractivity contribution < 1.29 is 14.3 Å². The second-order valence-corrected chi connectivity index (χ2v) is 5.71. The van der Waals surface area contributed by atoms with Gasteiger partial charge in [-0.3, -0.25) is 4.79 Å². The van der Waals surface area contributed by atoms with Gasteiger partial charge in [0.15, 0.2) is 10.9 Å². The van der Waals surface area contributed by atoms with E-state index < -0.39 is 0 Å². The minimum absolute atomic E-state index is 0.200. The third-order valence-electron chi connectivity index (χ3n) is 3.20. The van der Waals surface area contributed by atoms with Crippen molar-refractivity contribution in [2.45, 2.75) is 12.1 Å². The molecule has 0 unspecified atom stereocenters. The van der Waals surface area contributed by atoms with Crippen molar-refractivity contribution in [2.24, 2.45) is 0 Å². The van der Waals surface area contributed by atoms with E-state index in [4.69, 9.17) is 16.3 Å². The Labute approximate surface area is 138 Å². The van der Waals surface area contributed by atoms with Crippen LogP contribution in [-0.4, -0.2) is 70.8 Å². The van der Waals surface area contributed by atoms with E-state index in [9.17, 15) is 9.59 Å².